The molecule has 2 aromatic rings. The molecule has 0 bridgehead atoms. The van der Waals surface area contributed by atoms with Crippen LogP contribution in [-0.4, -0.2) is 30.5 Å². The van der Waals surface area contributed by atoms with Crippen molar-refractivity contribution in [1.82, 2.24) is 4.90 Å². The van der Waals surface area contributed by atoms with Gasteiger partial charge in [-0.05, 0) is 51.3 Å². The lowest BCUT2D eigenvalue weighted by Crippen LogP contribution is -2.32. The summed E-state index contributed by atoms with van der Waals surface area (Å²) in [5.74, 6) is 0.590. The highest BCUT2D eigenvalue weighted by Gasteiger charge is 2.19. The molecule has 1 amide bonds. The van der Waals surface area contributed by atoms with E-state index in [9.17, 15) is 9.59 Å². The first-order chi connectivity index (χ1) is 12.0. The third kappa shape index (κ3) is 4.10. The van der Waals surface area contributed by atoms with Crippen molar-refractivity contribution in [2.24, 2.45) is 0 Å². The molecule has 25 heavy (non-hydrogen) atoms. The van der Waals surface area contributed by atoms with Gasteiger partial charge in [0.05, 0.1) is 0 Å². The average molecular weight is 341 g/mol. The number of allylic oxidation sites excluding steroid dienone is 2. The van der Waals surface area contributed by atoms with Gasteiger partial charge in [0.15, 0.2) is 6.61 Å². The van der Waals surface area contributed by atoms with E-state index >= 15 is 0 Å². The molecule has 2 heterocycles. The summed E-state index contributed by atoms with van der Waals surface area (Å²) in [7, 11) is 0. The van der Waals surface area contributed by atoms with E-state index in [1.54, 1.807) is 6.07 Å². The fourth-order valence-electron chi connectivity index (χ4n) is 3.00. The van der Waals surface area contributed by atoms with Crippen LogP contribution in [-0.2, 0) is 11.2 Å². The van der Waals surface area contributed by atoms with Gasteiger partial charge in [-0.3, -0.25) is 4.79 Å². The molecular weight excluding hydrogens is 318 g/mol. The largest absolute Gasteiger partial charge is 0.483 e. The third-order valence-electron chi connectivity index (χ3n) is 4.37. The Kier molecular flexibility index (Phi) is 5.22. The van der Waals surface area contributed by atoms with Gasteiger partial charge in [0.2, 0.25) is 0 Å². The van der Waals surface area contributed by atoms with Gasteiger partial charge in [-0.15, -0.1) is 0 Å². The Morgan fingerprint density at radius 2 is 1.92 bits per heavy atom. The molecule has 3 rings (SSSR count). The molecule has 0 aliphatic carbocycles. The monoisotopic (exact) mass is 341 g/mol. The van der Waals surface area contributed by atoms with E-state index < -0.39 is 5.63 Å². The van der Waals surface area contributed by atoms with Crippen LogP contribution in [0.1, 0.15) is 32.3 Å². The summed E-state index contributed by atoms with van der Waals surface area (Å²) in [4.78, 5) is 25.7. The molecule has 1 saturated heterocycles. The fraction of sp³-hybridized carbons (Fsp3) is 0.400. The number of carbonyl (C=O) groups is 1. The van der Waals surface area contributed by atoms with Crippen molar-refractivity contribution in [3.05, 3.63) is 51.9 Å². The minimum Gasteiger partial charge on any atom is -0.483 e. The number of amides is 1. The van der Waals surface area contributed by atoms with Crippen LogP contribution in [0.15, 0.2) is 45.1 Å². The van der Waals surface area contributed by atoms with Gasteiger partial charge in [0.1, 0.15) is 11.3 Å². The minimum absolute atomic E-state index is 0.000255. The zero-order valence-electron chi connectivity index (χ0n) is 14.7. The van der Waals surface area contributed by atoms with Gasteiger partial charge in [-0.2, -0.15) is 0 Å². The first kappa shape index (κ1) is 17.3. The van der Waals surface area contributed by atoms with E-state index in [0.29, 0.717) is 17.8 Å². The lowest BCUT2D eigenvalue weighted by atomic mass is 10.1. The van der Waals surface area contributed by atoms with E-state index in [2.05, 4.69) is 6.08 Å². The molecule has 0 spiro atoms. The summed E-state index contributed by atoms with van der Waals surface area (Å²) < 4.78 is 11.2. The molecule has 5 heteroatoms. The van der Waals surface area contributed by atoms with Crippen molar-refractivity contribution in [2.75, 3.05) is 19.7 Å². The molecule has 1 fully saturated rings. The summed E-state index contributed by atoms with van der Waals surface area (Å²) in [6.07, 6.45) is 4.74. The summed E-state index contributed by atoms with van der Waals surface area (Å²) in [5.41, 5.74) is 2.09. The van der Waals surface area contributed by atoms with Crippen molar-refractivity contribution in [3.8, 4) is 5.75 Å². The maximum absolute atomic E-state index is 12.2. The highest BCUT2D eigenvalue weighted by molar-refractivity contribution is 5.83. The molecule has 5 nitrogen and oxygen atoms in total. The second-order valence-corrected chi connectivity index (χ2v) is 6.58. The summed E-state index contributed by atoms with van der Waals surface area (Å²) in [5, 5.41) is 0.843. The summed E-state index contributed by atoms with van der Waals surface area (Å²) in [6, 6.07) is 6.84. The fourth-order valence-corrected chi connectivity index (χ4v) is 3.00. The van der Waals surface area contributed by atoms with Crippen molar-refractivity contribution >= 4 is 16.9 Å². The van der Waals surface area contributed by atoms with Gasteiger partial charge in [-0.25, -0.2) is 4.79 Å². The number of nitrogens with zero attached hydrogens (tertiary/aromatic N) is 1. The van der Waals surface area contributed by atoms with Crippen LogP contribution in [0.5, 0.6) is 5.75 Å². The number of benzene rings is 1. The molecule has 132 valence electrons. The van der Waals surface area contributed by atoms with Crippen LogP contribution >= 0.6 is 0 Å². The number of rotatable bonds is 5. The zero-order chi connectivity index (χ0) is 17.8. The molecule has 1 aromatic carbocycles. The van der Waals surface area contributed by atoms with Crippen molar-refractivity contribution in [3.63, 3.8) is 0 Å². The van der Waals surface area contributed by atoms with E-state index in [0.717, 1.165) is 42.5 Å². The molecule has 1 aliphatic heterocycles. The Balaban J connectivity index is 1.89. The third-order valence-corrected chi connectivity index (χ3v) is 4.37. The van der Waals surface area contributed by atoms with Gasteiger partial charge < -0.3 is 14.1 Å². The zero-order valence-corrected chi connectivity index (χ0v) is 14.7. The van der Waals surface area contributed by atoms with E-state index in [1.165, 1.54) is 6.07 Å². The quantitative estimate of drug-likeness (QED) is 0.618. The van der Waals surface area contributed by atoms with Crippen LogP contribution in [0.2, 0.25) is 0 Å². The predicted octanol–water partition coefficient (Wildman–Crippen LogP) is 3.30. The SMILES string of the molecule is CC(C)=CCc1c(OCC(=O)N2CCCC2)ccc2ccc(=O)oc12. The Morgan fingerprint density at radius 3 is 2.64 bits per heavy atom. The minimum atomic E-state index is -0.392. The Morgan fingerprint density at radius 1 is 1.20 bits per heavy atom. The van der Waals surface area contributed by atoms with E-state index in [-0.39, 0.29) is 12.5 Å². The molecule has 0 saturated carbocycles. The van der Waals surface area contributed by atoms with Gasteiger partial charge in [0.25, 0.3) is 5.91 Å². The van der Waals surface area contributed by atoms with Crippen molar-refractivity contribution in [2.45, 2.75) is 33.1 Å². The molecule has 1 aliphatic rings. The Labute approximate surface area is 146 Å². The van der Waals surface area contributed by atoms with Gasteiger partial charge >= 0.3 is 5.63 Å². The van der Waals surface area contributed by atoms with Crippen LogP contribution in [0.25, 0.3) is 11.0 Å². The maximum Gasteiger partial charge on any atom is 0.336 e. The lowest BCUT2D eigenvalue weighted by molar-refractivity contribution is -0.132. The van der Waals surface area contributed by atoms with Crippen LogP contribution in [0.4, 0.5) is 0 Å². The summed E-state index contributed by atoms with van der Waals surface area (Å²) in [6.45, 7) is 5.64. The first-order valence-electron chi connectivity index (χ1n) is 8.64. The highest BCUT2D eigenvalue weighted by Crippen LogP contribution is 2.28. The smallest absolute Gasteiger partial charge is 0.336 e. The number of hydrogen-bond acceptors (Lipinski definition) is 4. The number of fused-ring (bicyclic) bond motifs is 1. The molecule has 0 atom stereocenters. The predicted molar refractivity (Wildman–Crippen MR) is 96.9 cm³/mol. The molecule has 0 unspecified atom stereocenters. The second kappa shape index (κ2) is 7.55. The standard InChI is InChI=1S/C20H23NO4/c1-14(2)5-8-16-17(24-13-18(22)21-11-3-4-12-21)9-6-15-7-10-19(23)25-20(15)16/h5-7,9-10H,3-4,8,11-13H2,1-2H3. The van der Waals surface area contributed by atoms with Crippen LogP contribution < -0.4 is 10.4 Å². The number of likely N-dealkylation sites (tertiary alicyclic amines) is 1. The van der Waals surface area contributed by atoms with Crippen molar-refractivity contribution in [1.29, 1.82) is 0 Å². The average Bonchev–Trinajstić information content (AvgIpc) is 3.12. The topological polar surface area (TPSA) is 59.8 Å². The highest BCUT2D eigenvalue weighted by atomic mass is 16.5. The molecule has 0 N–H and O–H groups in total. The van der Waals surface area contributed by atoms with E-state index in [1.807, 2.05) is 30.9 Å². The number of hydrogen-bond donors (Lipinski definition) is 0. The molecule has 0 radical (unpaired) electrons. The Bertz CT molecular complexity index is 856. The van der Waals surface area contributed by atoms with Gasteiger partial charge in [0, 0.05) is 30.1 Å². The molecular formula is C20H23NO4. The normalized spacial score (nSPS) is 13.9. The van der Waals surface area contributed by atoms with E-state index in [4.69, 9.17) is 9.15 Å². The number of carbonyl (C=O) groups excluding carboxylic acids is 1. The first-order valence-corrected chi connectivity index (χ1v) is 8.64. The summed E-state index contributed by atoms with van der Waals surface area (Å²) >= 11 is 0. The van der Waals surface area contributed by atoms with Crippen LogP contribution in [0.3, 0.4) is 0 Å². The maximum atomic E-state index is 12.2. The van der Waals surface area contributed by atoms with Crippen molar-refractivity contribution < 1.29 is 13.9 Å². The molecule has 1 aromatic heterocycles. The lowest BCUT2D eigenvalue weighted by Gasteiger charge is -2.17. The van der Waals surface area contributed by atoms with Gasteiger partial charge in [-0.1, -0.05) is 11.6 Å². The van der Waals surface area contributed by atoms with Crippen LogP contribution in [0, 0.1) is 0 Å². The second-order valence-electron chi connectivity index (χ2n) is 6.58. The Hall–Kier alpha value is -2.56. The number of ether oxygens (including phenoxy) is 1.